The van der Waals surface area contributed by atoms with E-state index in [9.17, 15) is 8.42 Å². The molecule has 0 aliphatic carbocycles. The molecule has 1 saturated heterocycles. The van der Waals surface area contributed by atoms with Gasteiger partial charge in [0.1, 0.15) is 0 Å². The summed E-state index contributed by atoms with van der Waals surface area (Å²) in [5, 5.41) is 5.76. The molecule has 1 aliphatic rings. The topological polar surface area (TPSA) is 74.3 Å². The third kappa shape index (κ3) is 3.60. The smallest absolute Gasteiger partial charge is 0.263 e. The average molecular weight is 373 g/mol. The molecule has 2 N–H and O–H groups in total. The van der Waals surface area contributed by atoms with Crippen LogP contribution in [0.15, 0.2) is 34.7 Å². The monoisotopic (exact) mass is 372 g/mol. The van der Waals surface area contributed by atoms with Crippen LogP contribution in [0.3, 0.4) is 0 Å². The van der Waals surface area contributed by atoms with E-state index in [2.05, 4.69) is 19.9 Å². The summed E-state index contributed by atoms with van der Waals surface area (Å²) >= 11 is 7.55. The second kappa shape index (κ2) is 6.64. The first-order valence-electron chi connectivity index (χ1n) is 7.13. The van der Waals surface area contributed by atoms with Crippen LogP contribution < -0.4 is 14.9 Å². The van der Waals surface area contributed by atoms with E-state index in [0.29, 0.717) is 16.2 Å². The second-order valence-electron chi connectivity index (χ2n) is 5.31. The SMILES string of the molecule is CN(c1ccc(S(=O)(=O)Nc2nccs2)cc1Cl)[C@H]1CCNC1. The van der Waals surface area contributed by atoms with Gasteiger partial charge in [-0.1, -0.05) is 11.6 Å². The molecule has 6 nitrogen and oxygen atoms in total. The van der Waals surface area contributed by atoms with E-state index in [0.717, 1.165) is 25.2 Å². The lowest BCUT2D eigenvalue weighted by atomic mass is 10.2. The van der Waals surface area contributed by atoms with E-state index >= 15 is 0 Å². The number of anilines is 2. The second-order valence-corrected chi connectivity index (χ2v) is 8.30. The van der Waals surface area contributed by atoms with Crippen LogP contribution in [0.2, 0.25) is 5.02 Å². The van der Waals surface area contributed by atoms with Crippen molar-refractivity contribution in [3.8, 4) is 0 Å². The Morgan fingerprint density at radius 1 is 1.48 bits per heavy atom. The molecule has 2 aromatic rings. The Labute approximate surface area is 144 Å². The molecule has 1 aliphatic heterocycles. The predicted molar refractivity (Wildman–Crippen MR) is 94.1 cm³/mol. The van der Waals surface area contributed by atoms with E-state index in [4.69, 9.17) is 11.6 Å². The highest BCUT2D eigenvalue weighted by molar-refractivity contribution is 7.93. The van der Waals surface area contributed by atoms with Crippen molar-refractivity contribution in [1.82, 2.24) is 10.3 Å². The van der Waals surface area contributed by atoms with Crippen molar-refractivity contribution in [2.45, 2.75) is 17.4 Å². The quantitative estimate of drug-likeness (QED) is 0.843. The summed E-state index contributed by atoms with van der Waals surface area (Å²) in [6.07, 6.45) is 2.58. The standard InChI is InChI=1S/C14H17ClN4O2S2/c1-19(10-4-5-16-9-10)13-3-2-11(8-12(13)15)23(20,21)18-14-17-6-7-22-14/h2-3,6-8,10,16H,4-5,9H2,1H3,(H,17,18)/t10-/m0/s1. The third-order valence-electron chi connectivity index (χ3n) is 3.85. The van der Waals surface area contributed by atoms with Crippen molar-refractivity contribution in [3.63, 3.8) is 0 Å². The fourth-order valence-corrected chi connectivity index (χ4v) is 4.75. The first-order valence-corrected chi connectivity index (χ1v) is 9.87. The van der Waals surface area contributed by atoms with Crippen molar-refractivity contribution in [1.29, 1.82) is 0 Å². The van der Waals surface area contributed by atoms with Crippen LogP contribution in [0.25, 0.3) is 0 Å². The fourth-order valence-electron chi connectivity index (χ4n) is 2.56. The molecule has 1 aromatic carbocycles. The number of benzene rings is 1. The number of aromatic nitrogens is 1. The average Bonchev–Trinajstić information content (AvgIpc) is 3.19. The normalized spacial score (nSPS) is 18.1. The number of sulfonamides is 1. The molecule has 1 atom stereocenters. The summed E-state index contributed by atoms with van der Waals surface area (Å²) in [6.45, 7) is 1.88. The maximum atomic E-state index is 12.4. The van der Waals surface area contributed by atoms with Gasteiger partial charge in [0.15, 0.2) is 5.13 Å². The summed E-state index contributed by atoms with van der Waals surface area (Å²) in [7, 11) is -1.71. The molecule has 124 valence electrons. The molecule has 0 radical (unpaired) electrons. The predicted octanol–water partition coefficient (Wildman–Crippen LogP) is 2.40. The first-order chi connectivity index (χ1) is 11.0. The molecule has 23 heavy (non-hydrogen) atoms. The Kier molecular flexibility index (Phi) is 4.77. The van der Waals surface area contributed by atoms with E-state index < -0.39 is 10.0 Å². The summed E-state index contributed by atoms with van der Waals surface area (Å²) in [5.74, 6) is 0. The van der Waals surface area contributed by atoms with E-state index in [1.54, 1.807) is 23.7 Å². The minimum atomic E-state index is -3.68. The maximum absolute atomic E-state index is 12.4. The van der Waals surface area contributed by atoms with E-state index in [1.165, 1.54) is 17.4 Å². The van der Waals surface area contributed by atoms with Crippen molar-refractivity contribution in [2.75, 3.05) is 29.8 Å². The Bertz CT molecular complexity index is 774. The van der Waals surface area contributed by atoms with Crippen LogP contribution in [0, 0.1) is 0 Å². The molecular weight excluding hydrogens is 356 g/mol. The van der Waals surface area contributed by atoms with Gasteiger partial charge >= 0.3 is 0 Å². The number of nitrogens with one attached hydrogen (secondary N) is 2. The number of thiazole rings is 1. The highest BCUT2D eigenvalue weighted by Crippen LogP contribution is 2.30. The van der Waals surface area contributed by atoms with Gasteiger partial charge in [0.25, 0.3) is 10.0 Å². The van der Waals surface area contributed by atoms with Gasteiger partial charge in [0.05, 0.1) is 15.6 Å². The molecule has 2 heterocycles. The molecule has 0 spiro atoms. The first kappa shape index (κ1) is 16.5. The summed E-state index contributed by atoms with van der Waals surface area (Å²) < 4.78 is 27.2. The highest BCUT2D eigenvalue weighted by atomic mass is 35.5. The molecular formula is C14H17ClN4O2S2. The number of hydrogen-bond acceptors (Lipinski definition) is 6. The molecule has 1 fully saturated rings. The van der Waals surface area contributed by atoms with Crippen LogP contribution in [0.1, 0.15) is 6.42 Å². The number of hydrogen-bond donors (Lipinski definition) is 2. The molecule has 0 saturated carbocycles. The summed E-state index contributed by atoms with van der Waals surface area (Å²) in [6, 6.07) is 5.15. The summed E-state index contributed by atoms with van der Waals surface area (Å²) in [4.78, 5) is 6.14. The van der Waals surface area contributed by atoms with Gasteiger partial charge in [0, 0.05) is 31.2 Å². The lowest BCUT2D eigenvalue weighted by Crippen LogP contribution is -2.33. The van der Waals surface area contributed by atoms with Crippen LogP contribution in [0.5, 0.6) is 0 Å². The van der Waals surface area contributed by atoms with Crippen LogP contribution in [-0.4, -0.2) is 39.6 Å². The van der Waals surface area contributed by atoms with Gasteiger partial charge in [0.2, 0.25) is 0 Å². The van der Waals surface area contributed by atoms with Crippen molar-refractivity contribution >= 4 is 43.8 Å². The molecule has 0 amide bonds. The van der Waals surface area contributed by atoms with E-state index in [1.807, 2.05) is 7.05 Å². The van der Waals surface area contributed by atoms with Gasteiger partial charge in [-0.2, -0.15) is 0 Å². The number of halogens is 1. The van der Waals surface area contributed by atoms with Gasteiger partial charge in [-0.25, -0.2) is 13.4 Å². The van der Waals surface area contributed by atoms with Crippen molar-refractivity contribution < 1.29 is 8.42 Å². The third-order valence-corrected chi connectivity index (χ3v) is 6.30. The number of likely N-dealkylation sites (N-methyl/N-ethyl adjacent to an activating group) is 1. The zero-order chi connectivity index (χ0) is 16.4. The molecule has 1 aromatic heterocycles. The van der Waals surface area contributed by atoms with Crippen LogP contribution >= 0.6 is 22.9 Å². The molecule has 9 heteroatoms. The lowest BCUT2D eigenvalue weighted by Gasteiger charge is -2.27. The van der Waals surface area contributed by atoms with Crippen molar-refractivity contribution in [2.24, 2.45) is 0 Å². The number of rotatable bonds is 5. The minimum Gasteiger partial charge on any atom is -0.369 e. The van der Waals surface area contributed by atoms with E-state index in [-0.39, 0.29) is 4.90 Å². The minimum absolute atomic E-state index is 0.124. The molecule has 3 rings (SSSR count). The largest absolute Gasteiger partial charge is 0.369 e. The Hall–Kier alpha value is -1.35. The Morgan fingerprint density at radius 3 is 2.91 bits per heavy atom. The fraction of sp³-hybridized carbons (Fsp3) is 0.357. The molecule has 0 bridgehead atoms. The van der Waals surface area contributed by atoms with Gasteiger partial charge in [-0.05, 0) is 31.2 Å². The van der Waals surface area contributed by atoms with Crippen LogP contribution in [-0.2, 0) is 10.0 Å². The Morgan fingerprint density at radius 2 is 2.30 bits per heavy atom. The van der Waals surface area contributed by atoms with Crippen molar-refractivity contribution in [3.05, 3.63) is 34.8 Å². The lowest BCUT2D eigenvalue weighted by molar-refractivity contribution is 0.601. The van der Waals surface area contributed by atoms with Gasteiger partial charge in [-0.15, -0.1) is 11.3 Å². The zero-order valence-electron chi connectivity index (χ0n) is 12.5. The molecule has 0 unspecified atom stereocenters. The number of nitrogens with zero attached hydrogens (tertiary/aromatic N) is 2. The van der Waals surface area contributed by atoms with Gasteiger partial charge in [-0.3, -0.25) is 4.72 Å². The van der Waals surface area contributed by atoms with Crippen LogP contribution in [0.4, 0.5) is 10.8 Å². The maximum Gasteiger partial charge on any atom is 0.263 e. The zero-order valence-corrected chi connectivity index (χ0v) is 14.9. The highest BCUT2D eigenvalue weighted by Gasteiger charge is 2.23. The van der Waals surface area contributed by atoms with Gasteiger partial charge < -0.3 is 10.2 Å². The summed E-state index contributed by atoms with van der Waals surface area (Å²) in [5.41, 5.74) is 0.827. The Balaban J connectivity index is 1.83.